The fraction of sp³-hybridized carbons (Fsp3) is 0.368. The van der Waals surface area contributed by atoms with Gasteiger partial charge in [0.15, 0.2) is 16.3 Å². The van der Waals surface area contributed by atoms with E-state index in [1.165, 1.54) is 30.3 Å². The van der Waals surface area contributed by atoms with Gasteiger partial charge in [0.05, 0.1) is 11.8 Å². The smallest absolute Gasteiger partial charge is 0.309 e. The van der Waals surface area contributed by atoms with Crippen LogP contribution in [0.15, 0.2) is 39.0 Å². The molecule has 0 amide bonds. The van der Waals surface area contributed by atoms with Gasteiger partial charge in [-0.15, -0.1) is 0 Å². The fourth-order valence-electron chi connectivity index (χ4n) is 2.90. The van der Waals surface area contributed by atoms with Crippen molar-refractivity contribution < 1.29 is 4.79 Å². The lowest BCUT2D eigenvalue weighted by Gasteiger charge is -2.12. The van der Waals surface area contributed by atoms with E-state index in [1.807, 2.05) is 31.2 Å². The Hall–Kier alpha value is -2.61. The van der Waals surface area contributed by atoms with Gasteiger partial charge in [-0.2, -0.15) is 0 Å². The third kappa shape index (κ3) is 3.49. The molecule has 2 heterocycles. The third-order valence-corrected chi connectivity index (χ3v) is 5.80. The van der Waals surface area contributed by atoms with Crippen LogP contribution in [0.5, 0.6) is 0 Å². The normalized spacial score (nSPS) is 12.5. The first kappa shape index (κ1) is 19.2. The highest BCUT2D eigenvalue weighted by Gasteiger charge is 2.22. The number of carbonyl (C=O) groups is 1. The topological polar surface area (TPSA) is 78.9 Å². The van der Waals surface area contributed by atoms with Crippen LogP contribution in [0.3, 0.4) is 0 Å². The molecule has 0 bridgehead atoms. The van der Waals surface area contributed by atoms with E-state index < -0.39 is 11.2 Å². The number of aromatic nitrogens is 4. The molecule has 3 aromatic rings. The quantitative estimate of drug-likeness (QED) is 0.626. The minimum Gasteiger partial charge on any atom is -0.309 e. The van der Waals surface area contributed by atoms with Gasteiger partial charge >= 0.3 is 5.69 Å². The Morgan fingerprint density at radius 3 is 2.56 bits per heavy atom. The van der Waals surface area contributed by atoms with Crippen molar-refractivity contribution in [2.45, 2.75) is 37.7 Å². The largest absolute Gasteiger partial charge is 0.332 e. The average molecular weight is 386 g/mol. The Balaban J connectivity index is 2.28. The number of aryl methyl sites for hydroxylation is 2. The second-order valence-corrected chi connectivity index (χ2v) is 8.03. The van der Waals surface area contributed by atoms with Gasteiger partial charge in [-0.1, -0.05) is 41.6 Å². The van der Waals surface area contributed by atoms with E-state index in [0.29, 0.717) is 22.9 Å². The van der Waals surface area contributed by atoms with Crippen LogP contribution in [-0.2, 0) is 25.4 Å². The molecule has 3 rings (SSSR count). The highest BCUT2D eigenvalue weighted by atomic mass is 32.2. The molecule has 0 aliphatic carbocycles. The van der Waals surface area contributed by atoms with E-state index in [9.17, 15) is 14.4 Å². The van der Waals surface area contributed by atoms with E-state index in [1.54, 1.807) is 18.5 Å². The van der Waals surface area contributed by atoms with Crippen LogP contribution < -0.4 is 11.2 Å². The van der Waals surface area contributed by atoms with Crippen molar-refractivity contribution in [3.05, 3.63) is 56.2 Å². The van der Waals surface area contributed by atoms with Gasteiger partial charge < -0.3 is 4.57 Å². The van der Waals surface area contributed by atoms with Gasteiger partial charge in [-0.25, -0.2) is 9.78 Å². The molecule has 8 heteroatoms. The Kier molecular flexibility index (Phi) is 5.10. The SMILES string of the molecule is CC(=O)[C@H](C)Sc1nc2c(c(=O)n(C)c(=O)n2C)n1Cc1cccc(C)c1. The summed E-state index contributed by atoms with van der Waals surface area (Å²) in [6.07, 6.45) is 0. The van der Waals surface area contributed by atoms with Crippen LogP contribution in [0.25, 0.3) is 11.2 Å². The van der Waals surface area contributed by atoms with E-state index in [-0.39, 0.29) is 11.0 Å². The lowest BCUT2D eigenvalue weighted by atomic mass is 10.1. The number of thioether (sulfide) groups is 1. The molecule has 0 N–H and O–H groups in total. The van der Waals surface area contributed by atoms with Crippen molar-refractivity contribution in [3.63, 3.8) is 0 Å². The number of imidazole rings is 1. The Morgan fingerprint density at radius 2 is 1.93 bits per heavy atom. The van der Waals surface area contributed by atoms with Crippen LogP contribution >= 0.6 is 11.8 Å². The maximum atomic E-state index is 12.8. The molecule has 7 nitrogen and oxygen atoms in total. The number of Topliss-reactive ketones (excluding diaryl/α,β-unsaturated/α-hetero) is 1. The van der Waals surface area contributed by atoms with Crippen molar-refractivity contribution in [2.24, 2.45) is 14.1 Å². The van der Waals surface area contributed by atoms with Crippen LogP contribution in [0, 0.1) is 6.92 Å². The number of benzene rings is 1. The van der Waals surface area contributed by atoms with Gasteiger partial charge in [0.25, 0.3) is 5.56 Å². The molecule has 142 valence electrons. The summed E-state index contributed by atoms with van der Waals surface area (Å²) in [7, 11) is 3.05. The third-order valence-electron chi connectivity index (χ3n) is 4.59. The number of hydrogen-bond donors (Lipinski definition) is 0. The molecule has 27 heavy (non-hydrogen) atoms. The molecule has 1 aromatic carbocycles. The summed E-state index contributed by atoms with van der Waals surface area (Å²) < 4.78 is 4.25. The van der Waals surface area contributed by atoms with E-state index >= 15 is 0 Å². The Morgan fingerprint density at radius 1 is 1.22 bits per heavy atom. The maximum absolute atomic E-state index is 12.8. The summed E-state index contributed by atoms with van der Waals surface area (Å²) in [6, 6.07) is 7.99. The molecule has 0 aliphatic rings. The number of ketones is 1. The Bertz CT molecular complexity index is 1160. The first-order chi connectivity index (χ1) is 12.7. The summed E-state index contributed by atoms with van der Waals surface area (Å²) in [5.74, 6) is 0.0240. The van der Waals surface area contributed by atoms with E-state index in [0.717, 1.165) is 15.7 Å². The van der Waals surface area contributed by atoms with Crippen LogP contribution in [0.1, 0.15) is 25.0 Å². The molecule has 1 atom stereocenters. The number of carbonyl (C=O) groups excluding carboxylic acids is 1. The Labute approximate surface area is 160 Å². The van der Waals surface area contributed by atoms with Crippen molar-refractivity contribution in [1.82, 2.24) is 18.7 Å². The summed E-state index contributed by atoms with van der Waals surface area (Å²) in [5, 5.41) is 0.242. The predicted molar refractivity (Wildman–Crippen MR) is 106 cm³/mol. The van der Waals surface area contributed by atoms with Crippen LogP contribution in [0.2, 0.25) is 0 Å². The molecule has 0 radical (unpaired) electrons. The molecule has 0 aliphatic heterocycles. The number of rotatable bonds is 5. The zero-order chi connectivity index (χ0) is 19.9. The summed E-state index contributed by atoms with van der Waals surface area (Å²) in [6.45, 7) is 5.77. The van der Waals surface area contributed by atoms with Crippen LogP contribution in [-0.4, -0.2) is 29.7 Å². The van der Waals surface area contributed by atoms with Crippen LogP contribution in [0.4, 0.5) is 0 Å². The monoisotopic (exact) mass is 386 g/mol. The predicted octanol–water partition coefficient (Wildman–Crippen LogP) is 1.86. The average Bonchev–Trinajstić information content (AvgIpc) is 2.96. The zero-order valence-corrected chi connectivity index (χ0v) is 16.8. The molecule has 0 saturated carbocycles. The van der Waals surface area contributed by atoms with Gasteiger partial charge in [-0.05, 0) is 26.3 Å². The van der Waals surface area contributed by atoms with Crippen molar-refractivity contribution in [1.29, 1.82) is 0 Å². The molecule has 0 unspecified atom stereocenters. The fourth-order valence-corrected chi connectivity index (χ4v) is 3.80. The van der Waals surface area contributed by atoms with Gasteiger partial charge in [-0.3, -0.25) is 18.7 Å². The second-order valence-electron chi connectivity index (χ2n) is 6.72. The number of nitrogens with zero attached hydrogens (tertiary/aromatic N) is 4. The van der Waals surface area contributed by atoms with Gasteiger partial charge in [0.1, 0.15) is 5.78 Å². The molecular formula is C19H22N4O3S. The minimum absolute atomic E-state index is 0.0240. The summed E-state index contributed by atoms with van der Waals surface area (Å²) >= 11 is 1.30. The minimum atomic E-state index is -0.427. The zero-order valence-electron chi connectivity index (χ0n) is 16.0. The van der Waals surface area contributed by atoms with E-state index in [2.05, 4.69) is 4.98 Å². The highest BCUT2D eigenvalue weighted by Crippen LogP contribution is 2.27. The van der Waals surface area contributed by atoms with Gasteiger partial charge in [0.2, 0.25) is 0 Å². The van der Waals surface area contributed by atoms with Crippen molar-refractivity contribution >= 4 is 28.7 Å². The first-order valence-electron chi connectivity index (χ1n) is 8.59. The molecule has 2 aromatic heterocycles. The lowest BCUT2D eigenvalue weighted by molar-refractivity contribution is -0.116. The second kappa shape index (κ2) is 7.19. The summed E-state index contributed by atoms with van der Waals surface area (Å²) in [5.41, 5.74) is 2.00. The summed E-state index contributed by atoms with van der Waals surface area (Å²) in [4.78, 5) is 41.4. The molecule has 0 fully saturated rings. The molecular weight excluding hydrogens is 364 g/mol. The van der Waals surface area contributed by atoms with E-state index in [4.69, 9.17) is 0 Å². The van der Waals surface area contributed by atoms with Crippen molar-refractivity contribution in [2.75, 3.05) is 0 Å². The lowest BCUT2D eigenvalue weighted by Crippen LogP contribution is -2.37. The van der Waals surface area contributed by atoms with Crippen molar-refractivity contribution in [3.8, 4) is 0 Å². The maximum Gasteiger partial charge on any atom is 0.332 e. The highest BCUT2D eigenvalue weighted by molar-refractivity contribution is 8.00. The first-order valence-corrected chi connectivity index (χ1v) is 9.47. The molecule has 0 spiro atoms. The standard InChI is InChI=1S/C19H22N4O3S/c1-11-7-6-8-14(9-11)10-23-15-16(20-18(23)27-13(3)12(2)24)21(4)19(26)22(5)17(15)25/h6-9,13H,10H2,1-5H3/t13-/m0/s1. The number of fused-ring (bicyclic) bond motifs is 1. The number of hydrogen-bond acceptors (Lipinski definition) is 5. The molecule has 0 saturated heterocycles. The van der Waals surface area contributed by atoms with Gasteiger partial charge in [0, 0.05) is 14.1 Å².